The van der Waals surface area contributed by atoms with Crippen molar-refractivity contribution in [1.29, 1.82) is 0 Å². The van der Waals surface area contributed by atoms with E-state index in [0.717, 1.165) is 34.4 Å². The molecule has 0 saturated heterocycles. The van der Waals surface area contributed by atoms with Crippen molar-refractivity contribution in [3.05, 3.63) is 101 Å². The molecule has 1 heterocycles. The van der Waals surface area contributed by atoms with Gasteiger partial charge in [-0.25, -0.2) is 0 Å². The van der Waals surface area contributed by atoms with Crippen LogP contribution in [0.15, 0.2) is 79.0 Å². The zero-order valence-corrected chi connectivity index (χ0v) is 19.6. The van der Waals surface area contributed by atoms with Gasteiger partial charge in [-0.2, -0.15) is 0 Å². The van der Waals surface area contributed by atoms with Gasteiger partial charge in [-0.15, -0.1) is 0 Å². The number of para-hydroxylation sites is 1. The second-order valence-electron chi connectivity index (χ2n) is 8.76. The number of rotatable bonds is 9. The SMILES string of the molecule is CCc1cccc2c(C(CC(=O)NC(C)C)c3cccc(OCc4ccccc4)c3)c[nH]c12. The molecule has 0 fully saturated rings. The molecule has 0 saturated carbocycles. The Morgan fingerprint density at radius 1 is 1.00 bits per heavy atom. The van der Waals surface area contributed by atoms with Gasteiger partial charge in [0, 0.05) is 35.5 Å². The van der Waals surface area contributed by atoms with Gasteiger partial charge >= 0.3 is 0 Å². The first-order valence-corrected chi connectivity index (χ1v) is 11.7. The van der Waals surface area contributed by atoms with Gasteiger partial charge in [-0.05, 0) is 54.7 Å². The van der Waals surface area contributed by atoms with E-state index in [9.17, 15) is 4.79 Å². The van der Waals surface area contributed by atoms with E-state index in [2.05, 4.69) is 65.9 Å². The number of carbonyl (C=O) groups is 1. The lowest BCUT2D eigenvalue weighted by atomic mass is 9.87. The Balaban J connectivity index is 1.67. The fraction of sp³-hybridized carbons (Fsp3) is 0.276. The standard InChI is InChI=1S/C29H32N2O2/c1-4-22-12-9-15-25-27(18-30-29(22)25)26(17-28(32)31-20(2)3)23-13-8-14-24(16-23)33-19-21-10-6-5-7-11-21/h5-16,18,20,26,30H,4,17,19H2,1-3H3,(H,31,32). The number of ether oxygens (including phenoxy) is 1. The average molecular weight is 441 g/mol. The van der Waals surface area contributed by atoms with Crippen molar-refractivity contribution >= 4 is 16.8 Å². The molecule has 4 heteroatoms. The molecule has 0 radical (unpaired) electrons. The first-order chi connectivity index (χ1) is 16.0. The Morgan fingerprint density at radius 3 is 2.55 bits per heavy atom. The normalized spacial score (nSPS) is 12.1. The molecule has 4 rings (SSSR count). The van der Waals surface area contributed by atoms with E-state index in [1.807, 2.05) is 44.2 Å². The van der Waals surface area contributed by atoms with Crippen LogP contribution >= 0.6 is 0 Å². The van der Waals surface area contributed by atoms with Crippen LogP contribution in [-0.4, -0.2) is 16.9 Å². The fourth-order valence-electron chi connectivity index (χ4n) is 4.36. The molecular formula is C29H32N2O2. The summed E-state index contributed by atoms with van der Waals surface area (Å²) >= 11 is 0. The third kappa shape index (κ3) is 5.46. The van der Waals surface area contributed by atoms with Crippen LogP contribution in [-0.2, 0) is 17.8 Å². The first-order valence-electron chi connectivity index (χ1n) is 11.7. The molecule has 170 valence electrons. The van der Waals surface area contributed by atoms with Gasteiger partial charge in [0.2, 0.25) is 5.91 Å². The van der Waals surface area contributed by atoms with Gasteiger partial charge in [0.05, 0.1) is 0 Å². The zero-order chi connectivity index (χ0) is 23.2. The number of H-pyrrole nitrogens is 1. The molecule has 1 amide bonds. The van der Waals surface area contributed by atoms with E-state index in [1.54, 1.807) is 0 Å². The molecule has 0 aliphatic carbocycles. The largest absolute Gasteiger partial charge is 0.489 e. The highest BCUT2D eigenvalue weighted by Gasteiger charge is 2.23. The van der Waals surface area contributed by atoms with E-state index in [0.29, 0.717) is 13.0 Å². The lowest BCUT2D eigenvalue weighted by Crippen LogP contribution is -2.31. The third-order valence-corrected chi connectivity index (χ3v) is 5.94. The minimum atomic E-state index is -0.0788. The summed E-state index contributed by atoms with van der Waals surface area (Å²) in [5.41, 5.74) is 5.77. The number of carbonyl (C=O) groups excluding carboxylic acids is 1. The molecule has 0 aliphatic rings. The molecule has 0 bridgehead atoms. The molecule has 2 N–H and O–H groups in total. The number of fused-ring (bicyclic) bond motifs is 1. The summed E-state index contributed by atoms with van der Waals surface area (Å²) in [5.74, 6) is 0.774. The van der Waals surface area contributed by atoms with Crippen LogP contribution in [0, 0.1) is 0 Å². The summed E-state index contributed by atoms with van der Waals surface area (Å²) in [4.78, 5) is 16.3. The van der Waals surface area contributed by atoms with Crippen molar-refractivity contribution in [3.8, 4) is 5.75 Å². The topological polar surface area (TPSA) is 54.1 Å². The monoisotopic (exact) mass is 440 g/mol. The third-order valence-electron chi connectivity index (χ3n) is 5.94. The molecule has 0 spiro atoms. The second-order valence-corrected chi connectivity index (χ2v) is 8.76. The lowest BCUT2D eigenvalue weighted by molar-refractivity contribution is -0.121. The van der Waals surface area contributed by atoms with Gasteiger partial charge in [0.25, 0.3) is 0 Å². The number of hydrogen-bond acceptors (Lipinski definition) is 2. The molecule has 1 unspecified atom stereocenters. The van der Waals surface area contributed by atoms with Gasteiger partial charge in [-0.3, -0.25) is 4.79 Å². The molecule has 4 nitrogen and oxygen atoms in total. The van der Waals surface area contributed by atoms with E-state index in [4.69, 9.17) is 4.74 Å². The quantitative estimate of drug-likeness (QED) is 0.318. The van der Waals surface area contributed by atoms with E-state index < -0.39 is 0 Å². The predicted octanol–water partition coefficient (Wildman–Crippen LogP) is 6.36. The number of benzene rings is 3. The number of amides is 1. The maximum Gasteiger partial charge on any atom is 0.221 e. The van der Waals surface area contributed by atoms with Crippen LogP contribution in [0.2, 0.25) is 0 Å². The van der Waals surface area contributed by atoms with E-state index in [-0.39, 0.29) is 17.9 Å². The van der Waals surface area contributed by atoms with E-state index in [1.165, 1.54) is 10.9 Å². The summed E-state index contributed by atoms with van der Waals surface area (Å²) in [6, 6.07) is 24.8. The predicted molar refractivity (Wildman–Crippen MR) is 135 cm³/mol. The summed E-state index contributed by atoms with van der Waals surface area (Å²) in [5, 5.41) is 4.23. The minimum absolute atomic E-state index is 0.0478. The molecule has 1 aromatic heterocycles. The van der Waals surface area contributed by atoms with Crippen molar-refractivity contribution in [2.45, 2.75) is 52.2 Å². The highest BCUT2D eigenvalue weighted by molar-refractivity contribution is 5.88. The highest BCUT2D eigenvalue weighted by atomic mass is 16.5. The van der Waals surface area contributed by atoms with Gasteiger partial charge in [-0.1, -0.05) is 67.6 Å². The van der Waals surface area contributed by atoms with Gasteiger partial charge < -0.3 is 15.0 Å². The number of hydrogen-bond donors (Lipinski definition) is 2. The van der Waals surface area contributed by atoms with Gasteiger partial charge in [0.15, 0.2) is 0 Å². The Kier molecular flexibility index (Phi) is 7.13. The fourth-order valence-corrected chi connectivity index (χ4v) is 4.36. The van der Waals surface area contributed by atoms with Crippen molar-refractivity contribution in [3.63, 3.8) is 0 Å². The smallest absolute Gasteiger partial charge is 0.221 e. The molecule has 1 atom stereocenters. The maximum atomic E-state index is 12.8. The highest BCUT2D eigenvalue weighted by Crippen LogP contribution is 2.36. The Morgan fingerprint density at radius 2 is 1.79 bits per heavy atom. The minimum Gasteiger partial charge on any atom is -0.489 e. The maximum absolute atomic E-state index is 12.8. The van der Waals surface area contributed by atoms with Crippen LogP contribution in [0.1, 0.15) is 55.4 Å². The Bertz CT molecular complexity index is 1210. The summed E-state index contributed by atoms with van der Waals surface area (Å²) in [7, 11) is 0. The summed E-state index contributed by atoms with van der Waals surface area (Å²) in [6.07, 6.45) is 3.40. The van der Waals surface area contributed by atoms with Crippen molar-refractivity contribution in [1.82, 2.24) is 10.3 Å². The number of aromatic amines is 1. The van der Waals surface area contributed by atoms with Crippen LogP contribution in [0.3, 0.4) is 0 Å². The molecule has 0 aliphatic heterocycles. The molecule has 3 aromatic carbocycles. The van der Waals surface area contributed by atoms with Crippen LogP contribution in [0.4, 0.5) is 0 Å². The Labute approximate surface area is 196 Å². The Hall–Kier alpha value is -3.53. The van der Waals surface area contributed by atoms with E-state index >= 15 is 0 Å². The number of aryl methyl sites for hydroxylation is 1. The lowest BCUT2D eigenvalue weighted by Gasteiger charge is -2.19. The zero-order valence-electron chi connectivity index (χ0n) is 19.6. The first kappa shape index (κ1) is 22.7. The van der Waals surface area contributed by atoms with Crippen molar-refractivity contribution in [2.24, 2.45) is 0 Å². The summed E-state index contributed by atoms with van der Waals surface area (Å²) in [6.45, 7) is 6.65. The summed E-state index contributed by atoms with van der Waals surface area (Å²) < 4.78 is 6.09. The van der Waals surface area contributed by atoms with Crippen LogP contribution < -0.4 is 10.1 Å². The van der Waals surface area contributed by atoms with Gasteiger partial charge in [0.1, 0.15) is 12.4 Å². The van der Waals surface area contributed by atoms with Crippen molar-refractivity contribution in [2.75, 3.05) is 0 Å². The second kappa shape index (κ2) is 10.4. The number of nitrogens with one attached hydrogen (secondary N) is 2. The number of aromatic nitrogens is 1. The molecular weight excluding hydrogens is 408 g/mol. The van der Waals surface area contributed by atoms with Crippen LogP contribution in [0.25, 0.3) is 10.9 Å². The van der Waals surface area contributed by atoms with Crippen LogP contribution in [0.5, 0.6) is 5.75 Å². The van der Waals surface area contributed by atoms with Crippen molar-refractivity contribution < 1.29 is 9.53 Å². The molecule has 4 aromatic rings. The average Bonchev–Trinajstić information content (AvgIpc) is 3.26. The molecule has 33 heavy (non-hydrogen) atoms.